The number of ether oxygens (including phenoxy) is 1. The fourth-order valence-corrected chi connectivity index (χ4v) is 4.55. The van der Waals surface area contributed by atoms with E-state index >= 15 is 0 Å². The van der Waals surface area contributed by atoms with Gasteiger partial charge in [-0.05, 0) is 55.6 Å². The zero-order chi connectivity index (χ0) is 24.8. The first-order valence-corrected chi connectivity index (χ1v) is 12.7. The molecule has 0 spiro atoms. The van der Waals surface area contributed by atoms with Crippen LogP contribution in [0.1, 0.15) is 70.1 Å². The third-order valence-corrected chi connectivity index (χ3v) is 6.64. The highest BCUT2D eigenvalue weighted by Crippen LogP contribution is 2.30. The van der Waals surface area contributed by atoms with E-state index < -0.39 is 11.6 Å². The van der Waals surface area contributed by atoms with Crippen molar-refractivity contribution in [2.75, 3.05) is 24.6 Å². The minimum absolute atomic E-state index is 0.128. The number of anilines is 1. The molecule has 1 saturated heterocycles. The summed E-state index contributed by atoms with van der Waals surface area (Å²) in [5.41, 5.74) is 2.16. The summed E-state index contributed by atoms with van der Waals surface area (Å²) in [6.45, 7) is 8.46. The van der Waals surface area contributed by atoms with E-state index in [0.29, 0.717) is 12.5 Å². The molecule has 0 amide bonds. The molecule has 1 aliphatic rings. The third kappa shape index (κ3) is 6.35. The summed E-state index contributed by atoms with van der Waals surface area (Å²) in [6, 6.07) is 4.17. The lowest BCUT2D eigenvalue weighted by atomic mass is 9.92. The van der Waals surface area contributed by atoms with E-state index in [1.165, 1.54) is 17.7 Å². The first-order chi connectivity index (χ1) is 16.9. The van der Waals surface area contributed by atoms with Crippen molar-refractivity contribution in [3.8, 4) is 17.0 Å². The number of hydrogen-bond acceptors (Lipinski definition) is 5. The van der Waals surface area contributed by atoms with Crippen molar-refractivity contribution in [1.82, 2.24) is 20.2 Å². The highest BCUT2D eigenvalue weighted by molar-refractivity contribution is 5.62. The topological polar surface area (TPSA) is 66.9 Å². The fourth-order valence-electron chi connectivity index (χ4n) is 4.55. The van der Waals surface area contributed by atoms with E-state index in [1.54, 1.807) is 6.07 Å². The summed E-state index contributed by atoms with van der Waals surface area (Å²) in [6.07, 6.45) is 10.0. The number of aromatic amines is 1. The molecule has 3 aromatic rings. The molecule has 0 radical (unpaired) electrons. The van der Waals surface area contributed by atoms with Crippen LogP contribution in [0.15, 0.2) is 30.6 Å². The molecule has 0 unspecified atom stereocenters. The molecular weight excluding hydrogens is 448 g/mol. The van der Waals surface area contributed by atoms with Gasteiger partial charge in [0.2, 0.25) is 5.95 Å². The van der Waals surface area contributed by atoms with E-state index in [4.69, 9.17) is 4.74 Å². The van der Waals surface area contributed by atoms with E-state index in [9.17, 15) is 8.78 Å². The number of piperidine rings is 1. The Balaban J connectivity index is 1.22. The maximum atomic E-state index is 14.7. The molecule has 8 heteroatoms. The summed E-state index contributed by atoms with van der Waals surface area (Å²) in [5, 5.41) is 6.90. The number of nitrogens with zero attached hydrogens (tertiary/aromatic N) is 4. The van der Waals surface area contributed by atoms with Crippen LogP contribution in [0.5, 0.6) is 5.75 Å². The van der Waals surface area contributed by atoms with Crippen molar-refractivity contribution in [3.05, 3.63) is 53.5 Å². The van der Waals surface area contributed by atoms with Crippen LogP contribution in [0.4, 0.5) is 14.7 Å². The molecule has 6 nitrogen and oxygen atoms in total. The van der Waals surface area contributed by atoms with Crippen LogP contribution in [0.3, 0.4) is 0 Å². The summed E-state index contributed by atoms with van der Waals surface area (Å²) >= 11 is 0. The Morgan fingerprint density at radius 3 is 2.37 bits per heavy atom. The lowest BCUT2D eigenvalue weighted by Crippen LogP contribution is -2.35. The zero-order valence-corrected chi connectivity index (χ0v) is 20.9. The largest absolute Gasteiger partial charge is 0.493 e. The number of nitrogens with one attached hydrogen (secondary N) is 1. The van der Waals surface area contributed by atoms with Gasteiger partial charge in [0.05, 0.1) is 17.9 Å². The average Bonchev–Trinajstić information content (AvgIpc) is 3.33. The smallest absolute Gasteiger partial charge is 0.225 e. The fraction of sp³-hybridized carbons (Fsp3) is 0.519. The summed E-state index contributed by atoms with van der Waals surface area (Å²) in [7, 11) is 0. The van der Waals surface area contributed by atoms with Crippen molar-refractivity contribution in [1.29, 1.82) is 0 Å². The number of aryl methyl sites for hydroxylation is 1. The van der Waals surface area contributed by atoms with Crippen LogP contribution >= 0.6 is 0 Å². The molecule has 1 N–H and O–H groups in total. The van der Waals surface area contributed by atoms with Gasteiger partial charge in [0, 0.05) is 43.3 Å². The maximum Gasteiger partial charge on any atom is 0.225 e. The summed E-state index contributed by atoms with van der Waals surface area (Å²) in [5.74, 6) is 0.497. The van der Waals surface area contributed by atoms with Gasteiger partial charge in [-0.15, -0.1) is 0 Å². The second kappa shape index (κ2) is 11.6. The minimum Gasteiger partial charge on any atom is -0.493 e. The Bertz CT molecular complexity index is 1070. The van der Waals surface area contributed by atoms with E-state index in [0.717, 1.165) is 63.3 Å². The van der Waals surface area contributed by atoms with Gasteiger partial charge in [-0.25, -0.2) is 18.7 Å². The molecule has 1 fully saturated rings. The molecule has 3 heterocycles. The highest BCUT2D eigenvalue weighted by Gasteiger charge is 2.21. The highest BCUT2D eigenvalue weighted by atomic mass is 19.1. The Labute approximate surface area is 206 Å². The van der Waals surface area contributed by atoms with Crippen molar-refractivity contribution < 1.29 is 13.5 Å². The number of hydrogen-bond donors (Lipinski definition) is 1. The monoisotopic (exact) mass is 483 g/mol. The molecule has 1 aromatic carbocycles. The summed E-state index contributed by atoms with van der Waals surface area (Å²) < 4.78 is 35.0. The van der Waals surface area contributed by atoms with Crippen LogP contribution in [-0.2, 0) is 6.42 Å². The lowest BCUT2D eigenvalue weighted by Gasteiger charge is -2.32. The van der Waals surface area contributed by atoms with Crippen molar-refractivity contribution in [2.45, 2.75) is 65.2 Å². The molecule has 0 bridgehead atoms. The normalized spacial score (nSPS) is 14.6. The van der Waals surface area contributed by atoms with E-state index in [2.05, 4.69) is 32.0 Å². The first-order valence-electron chi connectivity index (χ1n) is 12.7. The lowest BCUT2D eigenvalue weighted by molar-refractivity contribution is 0.277. The second-order valence-corrected chi connectivity index (χ2v) is 9.69. The molecule has 0 saturated carbocycles. The van der Waals surface area contributed by atoms with Crippen molar-refractivity contribution >= 4 is 5.95 Å². The number of benzene rings is 1. The quantitative estimate of drug-likeness (QED) is 0.343. The maximum absolute atomic E-state index is 14.7. The van der Waals surface area contributed by atoms with E-state index in [1.807, 2.05) is 26.2 Å². The van der Waals surface area contributed by atoms with E-state index in [-0.39, 0.29) is 22.9 Å². The molecular formula is C27H35F2N5O. The third-order valence-electron chi connectivity index (χ3n) is 6.64. The predicted octanol–water partition coefficient (Wildman–Crippen LogP) is 6.30. The minimum atomic E-state index is -0.667. The number of aromatic nitrogens is 4. The number of H-pyrrole nitrogens is 1. The van der Waals surface area contributed by atoms with Crippen molar-refractivity contribution in [2.24, 2.45) is 5.92 Å². The van der Waals surface area contributed by atoms with Gasteiger partial charge in [-0.1, -0.05) is 27.2 Å². The second-order valence-electron chi connectivity index (χ2n) is 9.69. The van der Waals surface area contributed by atoms with Crippen LogP contribution in [-0.4, -0.2) is 39.9 Å². The SMILES string of the molecule is CCCc1cnc(N2CCC(CCCOc3cc(F)c(-c4cc(C(C)C)[nH]n4)c(F)c3)CC2)nc1. The van der Waals surface area contributed by atoms with Crippen LogP contribution in [0.2, 0.25) is 0 Å². The van der Waals surface area contributed by atoms with Gasteiger partial charge in [0.1, 0.15) is 17.4 Å². The molecule has 0 aliphatic carbocycles. The Kier molecular flexibility index (Phi) is 8.31. The van der Waals surface area contributed by atoms with Gasteiger partial charge in [0.25, 0.3) is 0 Å². The average molecular weight is 484 g/mol. The molecule has 1 aliphatic heterocycles. The number of rotatable bonds is 10. The predicted molar refractivity (Wildman–Crippen MR) is 134 cm³/mol. The van der Waals surface area contributed by atoms with Gasteiger partial charge in [-0.3, -0.25) is 5.10 Å². The molecule has 4 rings (SSSR count). The molecule has 188 valence electrons. The first kappa shape index (κ1) is 25.1. The standard InChI is InChI=1S/C27H35F2N5O/c1-4-6-20-16-30-27(31-17-20)34-10-8-19(9-11-34)7-5-12-35-21-13-22(28)26(23(29)14-21)25-15-24(18(2)3)32-33-25/h13-19H,4-12H2,1-3H3,(H,32,33). The van der Waals surface area contributed by atoms with Gasteiger partial charge >= 0.3 is 0 Å². The van der Waals surface area contributed by atoms with Crippen LogP contribution in [0, 0.1) is 17.6 Å². The molecule has 35 heavy (non-hydrogen) atoms. The van der Waals surface area contributed by atoms with Crippen LogP contribution < -0.4 is 9.64 Å². The molecule has 0 atom stereocenters. The Morgan fingerprint density at radius 1 is 1.09 bits per heavy atom. The van der Waals surface area contributed by atoms with Gasteiger partial charge in [-0.2, -0.15) is 5.10 Å². The zero-order valence-electron chi connectivity index (χ0n) is 20.9. The summed E-state index contributed by atoms with van der Waals surface area (Å²) in [4.78, 5) is 11.3. The molecule has 2 aromatic heterocycles. The van der Waals surface area contributed by atoms with Gasteiger partial charge < -0.3 is 9.64 Å². The van der Waals surface area contributed by atoms with Crippen LogP contribution in [0.25, 0.3) is 11.3 Å². The van der Waals surface area contributed by atoms with Gasteiger partial charge in [0.15, 0.2) is 0 Å². The Morgan fingerprint density at radius 2 is 1.77 bits per heavy atom. The number of halogens is 2. The Hall–Kier alpha value is -3.03. The van der Waals surface area contributed by atoms with Crippen molar-refractivity contribution in [3.63, 3.8) is 0 Å².